The number of hydrogen-bond acceptors (Lipinski definition) is 5. The van der Waals surface area contributed by atoms with Crippen molar-refractivity contribution in [3.05, 3.63) is 35.5 Å². The molecule has 0 aliphatic carbocycles. The molecule has 0 amide bonds. The molecular weight excluding hydrogens is 218 g/mol. The molecule has 5 heteroatoms. The van der Waals surface area contributed by atoms with Crippen LogP contribution in [0.15, 0.2) is 27.6 Å². The van der Waals surface area contributed by atoms with E-state index in [9.17, 15) is 0 Å². The molecule has 90 valence electrons. The topological polar surface area (TPSA) is 55.3 Å². The van der Waals surface area contributed by atoms with Crippen molar-refractivity contribution in [2.45, 2.75) is 32.4 Å². The fourth-order valence-corrected chi connectivity index (χ4v) is 2.42. The predicted octanol–water partition coefficient (Wildman–Crippen LogP) is 2.31. The molecule has 3 rings (SSSR count). The summed E-state index contributed by atoms with van der Waals surface area (Å²) in [5.41, 5.74) is 2.05. The van der Waals surface area contributed by atoms with Crippen molar-refractivity contribution in [2.75, 3.05) is 6.54 Å². The van der Waals surface area contributed by atoms with Gasteiger partial charge in [0, 0.05) is 18.2 Å². The maximum Gasteiger partial charge on any atom is 0.154 e. The van der Waals surface area contributed by atoms with Crippen LogP contribution in [-0.2, 0) is 6.54 Å². The van der Waals surface area contributed by atoms with E-state index in [1.165, 1.54) is 6.42 Å². The Balaban J connectivity index is 1.76. The Labute approximate surface area is 99.4 Å². The van der Waals surface area contributed by atoms with Gasteiger partial charge in [0.25, 0.3) is 0 Å². The van der Waals surface area contributed by atoms with Crippen LogP contribution >= 0.6 is 0 Å². The van der Waals surface area contributed by atoms with E-state index in [-0.39, 0.29) is 0 Å². The van der Waals surface area contributed by atoms with Gasteiger partial charge in [0.15, 0.2) is 5.76 Å². The van der Waals surface area contributed by atoms with Crippen molar-refractivity contribution in [1.82, 2.24) is 15.2 Å². The van der Waals surface area contributed by atoms with Crippen molar-refractivity contribution >= 4 is 0 Å². The van der Waals surface area contributed by atoms with Gasteiger partial charge in [0.2, 0.25) is 0 Å². The van der Waals surface area contributed by atoms with Crippen LogP contribution in [0.5, 0.6) is 0 Å². The molecule has 0 saturated carbocycles. The Kier molecular flexibility index (Phi) is 2.68. The van der Waals surface area contributed by atoms with Gasteiger partial charge in [-0.1, -0.05) is 10.3 Å². The Bertz CT molecular complexity index is 478. The minimum Gasteiger partial charge on any atom is -0.364 e. The monoisotopic (exact) mass is 233 g/mol. The van der Waals surface area contributed by atoms with Crippen molar-refractivity contribution < 1.29 is 9.05 Å². The largest absolute Gasteiger partial charge is 0.364 e. The molecular formula is C12H15N3O2. The summed E-state index contributed by atoms with van der Waals surface area (Å²) < 4.78 is 10.2. The zero-order valence-corrected chi connectivity index (χ0v) is 9.80. The number of hydrogen-bond donors (Lipinski definition) is 0. The maximum atomic E-state index is 5.37. The average molecular weight is 233 g/mol. The van der Waals surface area contributed by atoms with Crippen LogP contribution in [0.2, 0.25) is 0 Å². The first kappa shape index (κ1) is 10.5. The van der Waals surface area contributed by atoms with Gasteiger partial charge in [-0.05, 0) is 26.3 Å². The van der Waals surface area contributed by atoms with E-state index in [0.29, 0.717) is 6.04 Å². The molecule has 1 fully saturated rings. The highest BCUT2D eigenvalue weighted by atomic mass is 16.5. The highest BCUT2D eigenvalue weighted by molar-refractivity contribution is 5.11. The summed E-state index contributed by atoms with van der Waals surface area (Å²) in [6.07, 6.45) is 5.78. The van der Waals surface area contributed by atoms with Gasteiger partial charge in [-0.2, -0.15) is 0 Å². The summed E-state index contributed by atoms with van der Waals surface area (Å²) >= 11 is 0. The van der Waals surface area contributed by atoms with Crippen LogP contribution in [-0.4, -0.2) is 21.8 Å². The van der Waals surface area contributed by atoms with E-state index in [2.05, 4.69) is 15.2 Å². The molecule has 0 bridgehead atoms. The van der Waals surface area contributed by atoms with Crippen LogP contribution < -0.4 is 0 Å². The maximum absolute atomic E-state index is 5.37. The van der Waals surface area contributed by atoms with Crippen molar-refractivity contribution in [3.8, 4) is 0 Å². The number of aromatic nitrogens is 2. The van der Waals surface area contributed by atoms with Crippen LogP contribution in [0.1, 0.15) is 35.9 Å². The van der Waals surface area contributed by atoms with Crippen molar-refractivity contribution in [2.24, 2.45) is 0 Å². The van der Waals surface area contributed by atoms with Gasteiger partial charge in [-0.3, -0.25) is 4.90 Å². The SMILES string of the molecule is Cc1cc(C2CCCN2Cc2cnoc2)on1. The zero-order chi connectivity index (χ0) is 11.7. The number of aryl methyl sites for hydroxylation is 1. The fourth-order valence-electron chi connectivity index (χ4n) is 2.42. The lowest BCUT2D eigenvalue weighted by Crippen LogP contribution is -2.22. The molecule has 1 aliphatic heterocycles. The van der Waals surface area contributed by atoms with E-state index in [1.54, 1.807) is 12.5 Å². The van der Waals surface area contributed by atoms with E-state index in [1.807, 2.05) is 13.0 Å². The second kappa shape index (κ2) is 4.33. The molecule has 1 saturated heterocycles. The van der Waals surface area contributed by atoms with Crippen LogP contribution in [0.4, 0.5) is 0 Å². The van der Waals surface area contributed by atoms with E-state index in [0.717, 1.165) is 36.5 Å². The molecule has 1 aliphatic rings. The lowest BCUT2D eigenvalue weighted by Gasteiger charge is -2.20. The second-order valence-corrected chi connectivity index (χ2v) is 4.53. The summed E-state index contributed by atoms with van der Waals surface area (Å²) in [7, 11) is 0. The number of likely N-dealkylation sites (tertiary alicyclic amines) is 1. The first-order valence-electron chi connectivity index (χ1n) is 5.88. The van der Waals surface area contributed by atoms with Crippen molar-refractivity contribution in [3.63, 3.8) is 0 Å². The van der Waals surface area contributed by atoms with Gasteiger partial charge in [-0.15, -0.1) is 0 Å². The molecule has 0 spiro atoms. The lowest BCUT2D eigenvalue weighted by molar-refractivity contribution is 0.206. The van der Waals surface area contributed by atoms with Gasteiger partial charge in [-0.25, -0.2) is 0 Å². The lowest BCUT2D eigenvalue weighted by atomic mass is 10.1. The van der Waals surface area contributed by atoms with Crippen LogP contribution in [0, 0.1) is 6.92 Å². The molecule has 3 heterocycles. The van der Waals surface area contributed by atoms with Crippen LogP contribution in [0.25, 0.3) is 0 Å². The highest BCUT2D eigenvalue weighted by Gasteiger charge is 2.29. The molecule has 0 aromatic carbocycles. The Hall–Kier alpha value is -1.62. The van der Waals surface area contributed by atoms with E-state index in [4.69, 9.17) is 9.05 Å². The van der Waals surface area contributed by atoms with Gasteiger partial charge in [0.05, 0.1) is 17.9 Å². The third-order valence-corrected chi connectivity index (χ3v) is 3.21. The Morgan fingerprint density at radius 1 is 1.53 bits per heavy atom. The molecule has 2 aromatic rings. The highest BCUT2D eigenvalue weighted by Crippen LogP contribution is 2.33. The quantitative estimate of drug-likeness (QED) is 0.814. The summed E-state index contributed by atoms with van der Waals surface area (Å²) in [4.78, 5) is 2.38. The third-order valence-electron chi connectivity index (χ3n) is 3.21. The van der Waals surface area contributed by atoms with Crippen LogP contribution in [0.3, 0.4) is 0 Å². The smallest absolute Gasteiger partial charge is 0.154 e. The summed E-state index contributed by atoms with van der Waals surface area (Å²) in [5.74, 6) is 0.969. The molecule has 5 nitrogen and oxygen atoms in total. The van der Waals surface area contributed by atoms with Gasteiger partial charge in [0.1, 0.15) is 6.26 Å². The standard InChI is InChI=1S/C12H15N3O2/c1-9-5-12(17-14-9)11-3-2-4-15(11)7-10-6-13-16-8-10/h5-6,8,11H,2-4,7H2,1H3. The molecule has 0 N–H and O–H groups in total. The zero-order valence-electron chi connectivity index (χ0n) is 9.80. The predicted molar refractivity (Wildman–Crippen MR) is 60.1 cm³/mol. The summed E-state index contributed by atoms with van der Waals surface area (Å²) in [6, 6.07) is 2.36. The minimum absolute atomic E-state index is 0.339. The fraction of sp³-hybridized carbons (Fsp3) is 0.500. The first-order valence-corrected chi connectivity index (χ1v) is 5.88. The first-order chi connectivity index (χ1) is 8.33. The normalized spacial score (nSPS) is 21.1. The molecule has 1 atom stereocenters. The molecule has 2 aromatic heterocycles. The average Bonchev–Trinajstić information content (AvgIpc) is 2.99. The van der Waals surface area contributed by atoms with Gasteiger partial charge >= 0.3 is 0 Å². The summed E-state index contributed by atoms with van der Waals surface area (Å²) in [6.45, 7) is 3.88. The third kappa shape index (κ3) is 2.10. The number of rotatable bonds is 3. The van der Waals surface area contributed by atoms with Gasteiger partial charge < -0.3 is 9.05 Å². The molecule has 0 radical (unpaired) electrons. The van der Waals surface area contributed by atoms with E-state index >= 15 is 0 Å². The second-order valence-electron chi connectivity index (χ2n) is 4.53. The number of nitrogens with zero attached hydrogens (tertiary/aromatic N) is 3. The van der Waals surface area contributed by atoms with E-state index < -0.39 is 0 Å². The molecule has 17 heavy (non-hydrogen) atoms. The van der Waals surface area contributed by atoms with Crippen molar-refractivity contribution in [1.29, 1.82) is 0 Å². The Morgan fingerprint density at radius 2 is 2.47 bits per heavy atom. The Morgan fingerprint density at radius 3 is 3.18 bits per heavy atom. The summed E-state index contributed by atoms with van der Waals surface area (Å²) in [5, 5.41) is 7.69. The molecule has 1 unspecified atom stereocenters. The minimum atomic E-state index is 0.339.